The Morgan fingerprint density at radius 3 is 2.89 bits per heavy atom. The van der Waals surface area contributed by atoms with E-state index < -0.39 is 12.1 Å². The highest BCUT2D eigenvalue weighted by molar-refractivity contribution is 5.77. The fourth-order valence-corrected chi connectivity index (χ4v) is 2.32. The number of ether oxygens (including phenoxy) is 1. The highest BCUT2D eigenvalue weighted by Gasteiger charge is 2.39. The lowest BCUT2D eigenvalue weighted by atomic mass is 9.92. The average Bonchev–Trinajstić information content (AvgIpc) is 2.39. The van der Waals surface area contributed by atoms with E-state index in [0.717, 1.165) is 0 Å². The van der Waals surface area contributed by atoms with Gasteiger partial charge in [-0.2, -0.15) is 0 Å². The van der Waals surface area contributed by atoms with E-state index in [2.05, 4.69) is 5.32 Å². The van der Waals surface area contributed by atoms with Crippen LogP contribution in [0.25, 0.3) is 0 Å². The first kappa shape index (κ1) is 13.3. The SMILES string of the molecule is CCOc1ccccc1[C@@H]1NC(=O)CC[C@H]1[N+](=O)[O-]. The Kier molecular flexibility index (Phi) is 3.99. The van der Waals surface area contributed by atoms with E-state index in [9.17, 15) is 14.9 Å². The van der Waals surface area contributed by atoms with E-state index in [-0.39, 0.29) is 23.7 Å². The maximum Gasteiger partial charge on any atom is 0.237 e. The van der Waals surface area contributed by atoms with Crippen LogP contribution in [0.1, 0.15) is 31.4 Å². The number of nitrogens with zero attached hydrogens (tertiary/aromatic N) is 1. The number of amides is 1. The summed E-state index contributed by atoms with van der Waals surface area (Å²) in [5.74, 6) is 0.429. The van der Waals surface area contributed by atoms with Gasteiger partial charge in [-0.05, 0) is 13.0 Å². The molecule has 19 heavy (non-hydrogen) atoms. The van der Waals surface area contributed by atoms with Crippen molar-refractivity contribution in [1.29, 1.82) is 0 Å². The van der Waals surface area contributed by atoms with Gasteiger partial charge in [0, 0.05) is 23.3 Å². The van der Waals surface area contributed by atoms with E-state index in [1.165, 1.54) is 0 Å². The minimum Gasteiger partial charge on any atom is -0.494 e. The van der Waals surface area contributed by atoms with Crippen LogP contribution in [0.2, 0.25) is 0 Å². The van der Waals surface area contributed by atoms with Gasteiger partial charge >= 0.3 is 0 Å². The Balaban J connectivity index is 2.35. The molecule has 1 aliphatic rings. The first-order valence-corrected chi connectivity index (χ1v) is 6.28. The quantitative estimate of drug-likeness (QED) is 0.662. The summed E-state index contributed by atoms with van der Waals surface area (Å²) in [6.45, 7) is 2.32. The Hall–Kier alpha value is -2.11. The predicted molar refractivity (Wildman–Crippen MR) is 68.5 cm³/mol. The molecule has 1 saturated heterocycles. The number of piperidine rings is 1. The predicted octanol–water partition coefficient (Wildman–Crippen LogP) is 1.68. The van der Waals surface area contributed by atoms with Crippen LogP contribution in [0.15, 0.2) is 24.3 Å². The zero-order chi connectivity index (χ0) is 13.8. The standard InChI is InChI=1S/C13H16N2O4/c1-2-19-11-6-4-3-5-9(11)13-10(15(17)18)7-8-12(16)14-13/h3-6,10,13H,2,7-8H2,1H3,(H,14,16)/t10-,13+/m1/s1. The molecule has 0 bridgehead atoms. The molecule has 0 spiro atoms. The largest absolute Gasteiger partial charge is 0.494 e. The molecular formula is C13H16N2O4. The highest BCUT2D eigenvalue weighted by atomic mass is 16.6. The maximum atomic E-state index is 11.5. The van der Waals surface area contributed by atoms with Crippen molar-refractivity contribution >= 4 is 5.91 Å². The first-order chi connectivity index (χ1) is 9.13. The molecule has 1 fully saturated rings. The van der Waals surface area contributed by atoms with Gasteiger partial charge in [-0.25, -0.2) is 0 Å². The fourth-order valence-electron chi connectivity index (χ4n) is 2.32. The van der Waals surface area contributed by atoms with Crippen LogP contribution in [-0.2, 0) is 4.79 Å². The van der Waals surface area contributed by atoms with E-state index in [0.29, 0.717) is 17.9 Å². The minimum atomic E-state index is -0.806. The van der Waals surface area contributed by atoms with Crippen LogP contribution in [-0.4, -0.2) is 23.5 Å². The second kappa shape index (κ2) is 5.69. The number of hydrogen-bond donors (Lipinski definition) is 1. The van der Waals surface area contributed by atoms with Crippen molar-refractivity contribution in [3.63, 3.8) is 0 Å². The maximum absolute atomic E-state index is 11.5. The van der Waals surface area contributed by atoms with Gasteiger partial charge in [-0.15, -0.1) is 0 Å². The number of rotatable bonds is 4. The van der Waals surface area contributed by atoms with Crippen molar-refractivity contribution in [2.75, 3.05) is 6.61 Å². The zero-order valence-corrected chi connectivity index (χ0v) is 10.7. The zero-order valence-electron chi connectivity index (χ0n) is 10.7. The van der Waals surface area contributed by atoms with Gasteiger partial charge in [-0.1, -0.05) is 18.2 Å². The van der Waals surface area contributed by atoms with Crippen molar-refractivity contribution < 1.29 is 14.5 Å². The van der Waals surface area contributed by atoms with Crippen molar-refractivity contribution in [1.82, 2.24) is 5.32 Å². The molecule has 0 unspecified atom stereocenters. The Morgan fingerprint density at radius 2 is 2.21 bits per heavy atom. The van der Waals surface area contributed by atoms with Crippen molar-refractivity contribution in [3.05, 3.63) is 39.9 Å². The second-order valence-corrected chi connectivity index (χ2v) is 4.41. The van der Waals surface area contributed by atoms with E-state index >= 15 is 0 Å². The summed E-state index contributed by atoms with van der Waals surface area (Å²) in [7, 11) is 0. The summed E-state index contributed by atoms with van der Waals surface area (Å²) in [5.41, 5.74) is 0.666. The third kappa shape index (κ3) is 2.83. The molecule has 102 valence electrons. The molecule has 6 nitrogen and oxygen atoms in total. The van der Waals surface area contributed by atoms with Gasteiger partial charge < -0.3 is 10.1 Å². The van der Waals surface area contributed by atoms with Crippen molar-refractivity contribution in [3.8, 4) is 5.75 Å². The molecule has 6 heteroatoms. The number of nitro groups is 1. The Morgan fingerprint density at radius 1 is 1.47 bits per heavy atom. The lowest BCUT2D eigenvalue weighted by Crippen LogP contribution is -2.45. The molecule has 0 aromatic heterocycles. The molecule has 0 radical (unpaired) electrons. The molecule has 0 saturated carbocycles. The van der Waals surface area contributed by atoms with Crippen molar-refractivity contribution in [2.24, 2.45) is 0 Å². The van der Waals surface area contributed by atoms with E-state index in [4.69, 9.17) is 4.74 Å². The molecule has 1 N–H and O–H groups in total. The second-order valence-electron chi connectivity index (χ2n) is 4.41. The van der Waals surface area contributed by atoms with Gasteiger partial charge in [0.05, 0.1) is 6.61 Å². The molecule has 2 rings (SSSR count). The van der Waals surface area contributed by atoms with Gasteiger partial charge in [-0.3, -0.25) is 14.9 Å². The Labute approximate surface area is 110 Å². The topological polar surface area (TPSA) is 81.5 Å². The third-order valence-electron chi connectivity index (χ3n) is 3.19. The fraction of sp³-hybridized carbons (Fsp3) is 0.462. The normalized spacial score (nSPS) is 22.7. The van der Waals surface area contributed by atoms with Gasteiger partial charge in [0.1, 0.15) is 11.8 Å². The molecular weight excluding hydrogens is 248 g/mol. The molecule has 1 heterocycles. The summed E-state index contributed by atoms with van der Waals surface area (Å²) in [6, 6.07) is 5.68. The van der Waals surface area contributed by atoms with Gasteiger partial charge in [0.2, 0.25) is 11.9 Å². The number of carbonyl (C=O) groups is 1. The molecule has 0 aliphatic carbocycles. The summed E-state index contributed by atoms with van der Waals surface area (Å²) in [4.78, 5) is 22.3. The third-order valence-corrected chi connectivity index (χ3v) is 3.19. The summed E-state index contributed by atoms with van der Waals surface area (Å²) in [5, 5.41) is 13.8. The first-order valence-electron chi connectivity index (χ1n) is 6.28. The van der Waals surface area contributed by atoms with Crippen LogP contribution in [0.3, 0.4) is 0 Å². The average molecular weight is 264 g/mol. The summed E-state index contributed by atoms with van der Waals surface area (Å²) < 4.78 is 5.48. The van der Waals surface area contributed by atoms with Gasteiger partial charge in [0.25, 0.3) is 0 Å². The van der Waals surface area contributed by atoms with Crippen molar-refractivity contribution in [2.45, 2.75) is 31.8 Å². The highest BCUT2D eigenvalue weighted by Crippen LogP contribution is 2.32. The minimum absolute atomic E-state index is 0.158. The molecule has 1 amide bonds. The number of benzene rings is 1. The van der Waals surface area contributed by atoms with Crippen LogP contribution >= 0.6 is 0 Å². The summed E-state index contributed by atoms with van der Waals surface area (Å²) >= 11 is 0. The number of para-hydroxylation sites is 1. The monoisotopic (exact) mass is 264 g/mol. The van der Waals surface area contributed by atoms with E-state index in [1.807, 2.05) is 6.92 Å². The molecule has 2 atom stereocenters. The van der Waals surface area contributed by atoms with Crippen LogP contribution in [0.4, 0.5) is 0 Å². The lowest BCUT2D eigenvalue weighted by molar-refractivity contribution is -0.529. The van der Waals surface area contributed by atoms with Crippen LogP contribution in [0.5, 0.6) is 5.75 Å². The number of carbonyl (C=O) groups excluding carboxylic acids is 1. The van der Waals surface area contributed by atoms with Crippen LogP contribution < -0.4 is 10.1 Å². The molecule has 1 aromatic carbocycles. The van der Waals surface area contributed by atoms with Gasteiger partial charge in [0.15, 0.2) is 0 Å². The Bertz CT molecular complexity index is 489. The number of hydrogen-bond acceptors (Lipinski definition) is 4. The van der Waals surface area contributed by atoms with Crippen LogP contribution in [0, 0.1) is 10.1 Å². The molecule has 1 aromatic rings. The number of nitrogens with one attached hydrogen (secondary N) is 1. The van der Waals surface area contributed by atoms with E-state index in [1.54, 1.807) is 24.3 Å². The summed E-state index contributed by atoms with van der Waals surface area (Å²) in [6.07, 6.45) is 0.447. The lowest BCUT2D eigenvalue weighted by Gasteiger charge is -2.28. The smallest absolute Gasteiger partial charge is 0.237 e. The molecule has 1 aliphatic heterocycles.